The highest BCUT2D eigenvalue weighted by Crippen LogP contribution is 2.11. The largest absolute Gasteiger partial charge is 0.469 e. The Kier molecular flexibility index (Phi) is 4.23. The molecule has 0 bridgehead atoms. The summed E-state index contributed by atoms with van der Waals surface area (Å²) < 4.78 is 10.9. The molecule has 1 unspecified atom stereocenters. The lowest BCUT2D eigenvalue weighted by molar-refractivity contribution is 0.0171. The van der Waals surface area contributed by atoms with Crippen molar-refractivity contribution in [1.82, 2.24) is 5.32 Å². The number of furan rings is 1. The molecule has 1 atom stereocenters. The van der Waals surface area contributed by atoms with Gasteiger partial charge in [-0.2, -0.15) is 0 Å². The average molecular weight is 209 g/mol. The van der Waals surface area contributed by atoms with Crippen LogP contribution in [0.15, 0.2) is 22.8 Å². The monoisotopic (exact) mass is 209 g/mol. The second kappa shape index (κ2) is 5.93. The smallest absolute Gasteiger partial charge is 0.105 e. The maximum atomic E-state index is 5.63. The molecule has 1 aromatic rings. The van der Waals surface area contributed by atoms with Gasteiger partial charge in [-0.3, -0.25) is 0 Å². The highest BCUT2D eigenvalue weighted by molar-refractivity contribution is 4.98. The van der Waals surface area contributed by atoms with Crippen LogP contribution in [0, 0.1) is 0 Å². The minimum Gasteiger partial charge on any atom is -0.469 e. The quantitative estimate of drug-likeness (QED) is 0.753. The highest BCUT2D eigenvalue weighted by atomic mass is 16.5. The second-order valence-electron chi connectivity index (χ2n) is 4.02. The number of nitrogens with one attached hydrogen (secondary N) is 1. The van der Waals surface area contributed by atoms with Gasteiger partial charge < -0.3 is 14.5 Å². The predicted molar refractivity (Wildman–Crippen MR) is 58.9 cm³/mol. The molecule has 0 aliphatic carbocycles. The van der Waals surface area contributed by atoms with Gasteiger partial charge in [0.25, 0.3) is 0 Å². The van der Waals surface area contributed by atoms with Crippen LogP contribution >= 0.6 is 0 Å². The molecule has 3 nitrogen and oxygen atoms in total. The fourth-order valence-corrected chi connectivity index (χ4v) is 1.90. The molecule has 84 valence electrons. The zero-order valence-electron chi connectivity index (χ0n) is 9.08. The van der Waals surface area contributed by atoms with Crippen LogP contribution in [0.5, 0.6) is 0 Å². The first-order valence-corrected chi connectivity index (χ1v) is 5.80. The Morgan fingerprint density at radius 3 is 3.13 bits per heavy atom. The van der Waals surface area contributed by atoms with Gasteiger partial charge in [-0.25, -0.2) is 0 Å². The molecule has 3 heteroatoms. The van der Waals surface area contributed by atoms with Gasteiger partial charge >= 0.3 is 0 Å². The normalized spacial score (nSPS) is 21.7. The summed E-state index contributed by atoms with van der Waals surface area (Å²) >= 11 is 0. The minimum absolute atomic E-state index is 0.426. The molecule has 1 aliphatic heterocycles. The van der Waals surface area contributed by atoms with E-state index in [-0.39, 0.29) is 0 Å². The van der Waals surface area contributed by atoms with Crippen LogP contribution in [-0.2, 0) is 11.2 Å². The van der Waals surface area contributed by atoms with Crippen molar-refractivity contribution >= 4 is 0 Å². The lowest BCUT2D eigenvalue weighted by Gasteiger charge is -2.22. The van der Waals surface area contributed by atoms with Crippen LogP contribution in [0.25, 0.3) is 0 Å². The number of rotatable bonds is 5. The molecule has 1 N–H and O–H groups in total. The summed E-state index contributed by atoms with van der Waals surface area (Å²) in [7, 11) is 0. The summed E-state index contributed by atoms with van der Waals surface area (Å²) in [6, 6.07) is 3.94. The fraction of sp³-hybridized carbons (Fsp3) is 0.667. The summed E-state index contributed by atoms with van der Waals surface area (Å²) in [5.74, 6) is 1.05. The van der Waals surface area contributed by atoms with E-state index in [0.29, 0.717) is 6.10 Å². The molecule has 2 rings (SSSR count). The standard InChI is InChI=1S/C12H19NO2/c1-2-8-15-12(4-1)10-13-7-6-11-5-3-9-14-11/h3,5,9,12-13H,1-2,4,6-8,10H2. The molecule has 2 heterocycles. The third-order valence-electron chi connectivity index (χ3n) is 2.77. The molecule has 0 amide bonds. The molecule has 15 heavy (non-hydrogen) atoms. The Bertz CT molecular complexity index is 253. The van der Waals surface area contributed by atoms with Crippen molar-refractivity contribution in [3.05, 3.63) is 24.2 Å². The first-order chi connectivity index (χ1) is 7.45. The zero-order chi connectivity index (χ0) is 10.3. The zero-order valence-corrected chi connectivity index (χ0v) is 9.08. The lowest BCUT2D eigenvalue weighted by Crippen LogP contribution is -2.32. The van der Waals surface area contributed by atoms with E-state index in [1.807, 2.05) is 12.1 Å². The third kappa shape index (κ3) is 3.68. The van der Waals surface area contributed by atoms with Crippen molar-refractivity contribution in [1.29, 1.82) is 0 Å². The fourth-order valence-electron chi connectivity index (χ4n) is 1.90. The van der Waals surface area contributed by atoms with E-state index in [1.165, 1.54) is 19.3 Å². The van der Waals surface area contributed by atoms with Crippen molar-refractivity contribution in [2.24, 2.45) is 0 Å². The minimum atomic E-state index is 0.426. The van der Waals surface area contributed by atoms with Gasteiger partial charge in [0, 0.05) is 26.1 Å². The summed E-state index contributed by atoms with van der Waals surface area (Å²) in [6.07, 6.45) is 6.84. The van der Waals surface area contributed by atoms with E-state index in [2.05, 4.69) is 5.32 Å². The van der Waals surface area contributed by atoms with E-state index in [9.17, 15) is 0 Å². The van der Waals surface area contributed by atoms with Crippen molar-refractivity contribution in [3.8, 4) is 0 Å². The Hall–Kier alpha value is -0.800. The van der Waals surface area contributed by atoms with Crippen LogP contribution in [0.1, 0.15) is 25.0 Å². The van der Waals surface area contributed by atoms with Crippen LogP contribution in [-0.4, -0.2) is 25.8 Å². The van der Waals surface area contributed by atoms with Crippen molar-refractivity contribution in [2.75, 3.05) is 19.7 Å². The molecular weight excluding hydrogens is 190 g/mol. The topological polar surface area (TPSA) is 34.4 Å². The Morgan fingerprint density at radius 2 is 2.40 bits per heavy atom. The Labute approximate surface area is 90.8 Å². The summed E-state index contributed by atoms with van der Waals surface area (Å²) in [6.45, 7) is 2.87. The van der Waals surface area contributed by atoms with Crippen molar-refractivity contribution < 1.29 is 9.15 Å². The molecule has 0 spiro atoms. The van der Waals surface area contributed by atoms with Crippen LogP contribution in [0.3, 0.4) is 0 Å². The van der Waals surface area contributed by atoms with Gasteiger partial charge in [0.2, 0.25) is 0 Å². The van der Waals surface area contributed by atoms with Gasteiger partial charge in [0.15, 0.2) is 0 Å². The van der Waals surface area contributed by atoms with Gasteiger partial charge in [0.1, 0.15) is 5.76 Å². The van der Waals surface area contributed by atoms with Crippen molar-refractivity contribution in [3.63, 3.8) is 0 Å². The highest BCUT2D eigenvalue weighted by Gasteiger charge is 2.12. The van der Waals surface area contributed by atoms with Crippen LogP contribution in [0.2, 0.25) is 0 Å². The third-order valence-corrected chi connectivity index (χ3v) is 2.77. The maximum Gasteiger partial charge on any atom is 0.105 e. The van der Waals surface area contributed by atoms with Crippen LogP contribution < -0.4 is 5.32 Å². The molecule has 1 saturated heterocycles. The SMILES string of the molecule is c1coc(CCNCC2CCCCO2)c1. The number of hydrogen-bond donors (Lipinski definition) is 1. The van der Waals surface area contributed by atoms with E-state index < -0.39 is 0 Å². The molecule has 0 saturated carbocycles. The summed E-state index contributed by atoms with van der Waals surface area (Å²) in [4.78, 5) is 0. The average Bonchev–Trinajstić information content (AvgIpc) is 2.79. The van der Waals surface area contributed by atoms with E-state index >= 15 is 0 Å². The predicted octanol–water partition coefficient (Wildman–Crippen LogP) is 1.98. The van der Waals surface area contributed by atoms with Crippen LogP contribution in [0.4, 0.5) is 0 Å². The lowest BCUT2D eigenvalue weighted by atomic mass is 10.1. The molecule has 1 aliphatic rings. The molecule has 0 radical (unpaired) electrons. The van der Waals surface area contributed by atoms with Gasteiger partial charge in [-0.05, 0) is 31.4 Å². The number of hydrogen-bond acceptors (Lipinski definition) is 3. The van der Waals surface area contributed by atoms with Gasteiger partial charge in [-0.15, -0.1) is 0 Å². The Morgan fingerprint density at radius 1 is 1.40 bits per heavy atom. The van der Waals surface area contributed by atoms with E-state index in [0.717, 1.165) is 31.9 Å². The first-order valence-electron chi connectivity index (χ1n) is 5.80. The molecule has 1 fully saturated rings. The second-order valence-corrected chi connectivity index (χ2v) is 4.02. The van der Waals surface area contributed by atoms with Crippen molar-refractivity contribution in [2.45, 2.75) is 31.8 Å². The summed E-state index contributed by atoms with van der Waals surface area (Å²) in [5, 5.41) is 3.41. The van der Waals surface area contributed by atoms with Gasteiger partial charge in [0.05, 0.1) is 12.4 Å². The first kappa shape index (κ1) is 10.7. The van der Waals surface area contributed by atoms with E-state index in [1.54, 1.807) is 6.26 Å². The Balaban J connectivity index is 1.54. The molecule has 0 aromatic carbocycles. The molecular formula is C12H19NO2. The van der Waals surface area contributed by atoms with E-state index in [4.69, 9.17) is 9.15 Å². The maximum absolute atomic E-state index is 5.63. The van der Waals surface area contributed by atoms with Gasteiger partial charge in [-0.1, -0.05) is 0 Å². The number of ether oxygens (including phenoxy) is 1. The summed E-state index contributed by atoms with van der Waals surface area (Å²) in [5.41, 5.74) is 0. The molecule has 1 aromatic heterocycles.